The van der Waals surface area contributed by atoms with E-state index in [1.165, 1.54) is 0 Å². The molecule has 4 heteroatoms. The van der Waals surface area contributed by atoms with Crippen molar-refractivity contribution in [1.82, 2.24) is 10.6 Å². The number of hydrogen-bond acceptors (Lipinski definition) is 2. The third-order valence-corrected chi connectivity index (χ3v) is 1.74. The Morgan fingerprint density at radius 3 is 3.00 bits per heavy atom. The summed E-state index contributed by atoms with van der Waals surface area (Å²) in [5.41, 5.74) is 0. The summed E-state index contributed by atoms with van der Waals surface area (Å²) in [6.07, 6.45) is -0.547. The molecule has 0 aromatic carbocycles. The Hall–Kier alpha value is -0.640. The molecule has 64 valence electrons. The zero-order valence-corrected chi connectivity index (χ0v) is 6.56. The first-order valence-corrected chi connectivity index (χ1v) is 3.89. The van der Waals surface area contributed by atoms with Crippen molar-refractivity contribution in [2.24, 2.45) is 0 Å². The number of carbonyl (C=O) groups is 1. The average Bonchev–Trinajstić information content (AvgIpc) is 2.36. The highest BCUT2D eigenvalue weighted by Gasteiger charge is 2.28. The van der Waals surface area contributed by atoms with Gasteiger partial charge in [-0.1, -0.05) is 0 Å². The van der Waals surface area contributed by atoms with E-state index in [0.29, 0.717) is 19.5 Å². The molecule has 0 unspecified atom stereocenters. The number of rotatable bonds is 2. The van der Waals surface area contributed by atoms with Crippen LogP contribution < -0.4 is 10.6 Å². The van der Waals surface area contributed by atoms with Crippen molar-refractivity contribution in [3.8, 4) is 0 Å². The van der Waals surface area contributed by atoms with Crippen molar-refractivity contribution in [2.45, 2.75) is 25.6 Å². The van der Waals surface area contributed by atoms with Crippen LogP contribution in [-0.2, 0) is 4.79 Å². The molecule has 1 heterocycles. The first-order valence-electron chi connectivity index (χ1n) is 3.89. The second-order valence-electron chi connectivity index (χ2n) is 2.69. The van der Waals surface area contributed by atoms with Gasteiger partial charge in [-0.3, -0.25) is 4.79 Å². The van der Waals surface area contributed by atoms with Crippen LogP contribution in [0.3, 0.4) is 0 Å². The summed E-state index contributed by atoms with van der Waals surface area (Å²) in [4.78, 5) is 11.1. The van der Waals surface area contributed by atoms with E-state index in [1.54, 1.807) is 0 Å². The molecule has 1 aliphatic heterocycles. The van der Waals surface area contributed by atoms with Gasteiger partial charge in [0, 0.05) is 19.5 Å². The van der Waals surface area contributed by atoms with E-state index in [1.807, 2.05) is 6.92 Å². The molecule has 0 aromatic heterocycles. The topological polar surface area (TPSA) is 41.1 Å². The lowest BCUT2D eigenvalue weighted by Crippen LogP contribution is -2.40. The first-order chi connectivity index (χ1) is 5.24. The number of carbonyl (C=O) groups excluding carboxylic acids is 1. The highest BCUT2D eigenvalue weighted by Crippen LogP contribution is 2.09. The molecular weight excluding hydrogens is 147 g/mol. The van der Waals surface area contributed by atoms with Crippen LogP contribution in [0.25, 0.3) is 0 Å². The van der Waals surface area contributed by atoms with Gasteiger partial charge < -0.3 is 10.6 Å². The summed E-state index contributed by atoms with van der Waals surface area (Å²) in [6, 6.07) is -0.315. The summed E-state index contributed by atoms with van der Waals surface area (Å²) in [6.45, 7) is 2.76. The van der Waals surface area contributed by atoms with Crippen LogP contribution >= 0.6 is 0 Å². The maximum atomic E-state index is 12.5. The summed E-state index contributed by atoms with van der Waals surface area (Å²) >= 11 is 0. The van der Waals surface area contributed by atoms with Gasteiger partial charge in [0.25, 0.3) is 0 Å². The summed E-state index contributed by atoms with van der Waals surface area (Å²) in [5.74, 6) is -0.0901. The van der Waals surface area contributed by atoms with Crippen LogP contribution in [0.1, 0.15) is 13.3 Å². The SMILES string of the molecule is CCNC(=O)[C@@H]1C[C@@H](F)CN1. The second-order valence-corrected chi connectivity index (χ2v) is 2.69. The van der Waals surface area contributed by atoms with E-state index in [9.17, 15) is 9.18 Å². The molecule has 2 atom stereocenters. The second kappa shape index (κ2) is 3.67. The Bertz CT molecular complexity index is 151. The molecule has 0 aromatic rings. The molecule has 0 radical (unpaired) electrons. The summed E-state index contributed by atoms with van der Waals surface area (Å²) in [7, 11) is 0. The molecule has 1 saturated heterocycles. The summed E-state index contributed by atoms with van der Waals surface area (Å²) in [5, 5.41) is 5.44. The molecule has 0 aliphatic carbocycles. The Morgan fingerprint density at radius 1 is 1.82 bits per heavy atom. The number of nitrogens with one attached hydrogen (secondary N) is 2. The van der Waals surface area contributed by atoms with E-state index < -0.39 is 6.17 Å². The van der Waals surface area contributed by atoms with Crippen molar-refractivity contribution in [3.63, 3.8) is 0 Å². The molecule has 0 bridgehead atoms. The van der Waals surface area contributed by atoms with Crippen LogP contribution in [0.5, 0.6) is 0 Å². The fraction of sp³-hybridized carbons (Fsp3) is 0.857. The molecular formula is C7H13FN2O. The smallest absolute Gasteiger partial charge is 0.237 e. The zero-order valence-electron chi connectivity index (χ0n) is 6.56. The Labute approximate surface area is 65.3 Å². The minimum absolute atomic E-state index is 0.0901. The number of amides is 1. The van der Waals surface area contributed by atoms with E-state index in [0.717, 1.165) is 0 Å². The molecule has 1 fully saturated rings. The van der Waals surface area contributed by atoms with Gasteiger partial charge in [0.1, 0.15) is 6.17 Å². The molecule has 0 spiro atoms. The highest BCUT2D eigenvalue weighted by molar-refractivity contribution is 5.82. The van der Waals surface area contributed by atoms with Crippen LogP contribution in [0.4, 0.5) is 4.39 Å². The van der Waals surface area contributed by atoms with Gasteiger partial charge in [0.15, 0.2) is 0 Å². The van der Waals surface area contributed by atoms with Gasteiger partial charge >= 0.3 is 0 Å². The maximum absolute atomic E-state index is 12.5. The molecule has 1 amide bonds. The standard InChI is InChI=1S/C7H13FN2O/c1-2-9-7(11)6-3-5(8)4-10-6/h5-6,10H,2-4H2,1H3,(H,9,11)/t5-,6+/m1/s1. The molecule has 1 rings (SSSR count). The minimum atomic E-state index is -0.859. The van der Waals surface area contributed by atoms with Crippen LogP contribution in [0.2, 0.25) is 0 Å². The molecule has 1 aliphatic rings. The van der Waals surface area contributed by atoms with Crippen molar-refractivity contribution in [2.75, 3.05) is 13.1 Å². The van der Waals surface area contributed by atoms with Gasteiger partial charge in [0.2, 0.25) is 5.91 Å². The van der Waals surface area contributed by atoms with Gasteiger partial charge in [-0.05, 0) is 6.92 Å². The largest absolute Gasteiger partial charge is 0.355 e. The van der Waals surface area contributed by atoms with Gasteiger partial charge in [-0.25, -0.2) is 4.39 Å². The predicted octanol–water partition coefficient (Wildman–Crippen LogP) is -0.177. The van der Waals surface area contributed by atoms with Crippen LogP contribution in [0.15, 0.2) is 0 Å². The van der Waals surface area contributed by atoms with Gasteiger partial charge in [0.05, 0.1) is 6.04 Å². The fourth-order valence-corrected chi connectivity index (χ4v) is 1.19. The van der Waals surface area contributed by atoms with E-state index >= 15 is 0 Å². The fourth-order valence-electron chi connectivity index (χ4n) is 1.19. The Morgan fingerprint density at radius 2 is 2.55 bits per heavy atom. The lowest BCUT2D eigenvalue weighted by Gasteiger charge is -2.08. The predicted molar refractivity (Wildman–Crippen MR) is 40.0 cm³/mol. The first kappa shape index (κ1) is 8.46. The number of alkyl halides is 1. The number of halogens is 1. The third kappa shape index (κ3) is 2.15. The van der Waals surface area contributed by atoms with Crippen molar-refractivity contribution in [1.29, 1.82) is 0 Å². The lowest BCUT2D eigenvalue weighted by molar-refractivity contribution is -0.122. The van der Waals surface area contributed by atoms with Gasteiger partial charge in [-0.15, -0.1) is 0 Å². The van der Waals surface area contributed by atoms with Crippen LogP contribution in [0, 0.1) is 0 Å². The maximum Gasteiger partial charge on any atom is 0.237 e. The monoisotopic (exact) mass is 160 g/mol. The molecule has 11 heavy (non-hydrogen) atoms. The van der Waals surface area contributed by atoms with E-state index in [2.05, 4.69) is 10.6 Å². The van der Waals surface area contributed by atoms with Crippen LogP contribution in [-0.4, -0.2) is 31.2 Å². The van der Waals surface area contributed by atoms with Crippen molar-refractivity contribution < 1.29 is 9.18 Å². The normalized spacial score (nSPS) is 30.4. The average molecular weight is 160 g/mol. The molecule has 3 nitrogen and oxygen atoms in total. The van der Waals surface area contributed by atoms with Crippen molar-refractivity contribution >= 4 is 5.91 Å². The zero-order chi connectivity index (χ0) is 8.27. The molecule has 2 N–H and O–H groups in total. The highest BCUT2D eigenvalue weighted by atomic mass is 19.1. The van der Waals surface area contributed by atoms with Crippen molar-refractivity contribution in [3.05, 3.63) is 0 Å². The Kier molecular flexibility index (Phi) is 2.82. The van der Waals surface area contributed by atoms with E-state index in [4.69, 9.17) is 0 Å². The molecule has 0 saturated carbocycles. The lowest BCUT2D eigenvalue weighted by atomic mass is 10.2. The van der Waals surface area contributed by atoms with Gasteiger partial charge in [-0.2, -0.15) is 0 Å². The van der Waals surface area contributed by atoms with E-state index in [-0.39, 0.29) is 11.9 Å². The Balaban J connectivity index is 2.31. The number of hydrogen-bond donors (Lipinski definition) is 2. The minimum Gasteiger partial charge on any atom is -0.355 e. The third-order valence-electron chi connectivity index (χ3n) is 1.74. The summed E-state index contributed by atoms with van der Waals surface area (Å²) < 4.78 is 12.5. The number of likely N-dealkylation sites (N-methyl/N-ethyl adjacent to an activating group) is 1. The quantitative estimate of drug-likeness (QED) is 0.588.